The average Bonchev–Trinajstić information content (AvgIpc) is 2.77. The van der Waals surface area contributed by atoms with Crippen LogP contribution < -0.4 is 0 Å². The fraction of sp³-hybridized carbons (Fsp3) is 0.667. The zero-order chi connectivity index (χ0) is 14.0. The van der Waals surface area contributed by atoms with Crippen molar-refractivity contribution in [3.63, 3.8) is 0 Å². The van der Waals surface area contributed by atoms with Gasteiger partial charge in [0.05, 0.1) is 0 Å². The molecule has 0 aromatic carbocycles. The fourth-order valence-electron chi connectivity index (χ4n) is 2.87. The van der Waals surface area contributed by atoms with Crippen LogP contribution in [0.15, 0.2) is 11.4 Å². The van der Waals surface area contributed by atoms with E-state index in [0.717, 1.165) is 12.1 Å². The number of thiophene rings is 1. The van der Waals surface area contributed by atoms with Crippen molar-refractivity contribution in [1.82, 2.24) is 4.90 Å². The Morgan fingerprint density at radius 3 is 2.68 bits per heavy atom. The SMILES string of the molecule is CN(Cc1ccsc1C(=O)O)C1CCC(C)(C)CC1. The minimum absolute atomic E-state index is 0.478. The topological polar surface area (TPSA) is 40.5 Å². The van der Waals surface area contributed by atoms with E-state index >= 15 is 0 Å². The molecule has 1 saturated carbocycles. The molecular weight excluding hydrogens is 258 g/mol. The number of rotatable bonds is 4. The summed E-state index contributed by atoms with van der Waals surface area (Å²) in [5.74, 6) is -0.803. The molecule has 0 aliphatic heterocycles. The number of carboxylic acid groups (broad SMARTS) is 1. The van der Waals surface area contributed by atoms with Crippen LogP contribution in [0.4, 0.5) is 0 Å². The normalized spacial score (nSPS) is 19.8. The van der Waals surface area contributed by atoms with Gasteiger partial charge in [-0.2, -0.15) is 0 Å². The summed E-state index contributed by atoms with van der Waals surface area (Å²) in [5.41, 5.74) is 1.43. The number of carbonyl (C=O) groups is 1. The summed E-state index contributed by atoms with van der Waals surface area (Å²) in [6, 6.07) is 2.53. The molecule has 0 amide bonds. The summed E-state index contributed by atoms with van der Waals surface area (Å²) < 4.78 is 0. The Balaban J connectivity index is 1.96. The van der Waals surface area contributed by atoms with Gasteiger partial charge in [0.15, 0.2) is 0 Å². The lowest BCUT2D eigenvalue weighted by Crippen LogP contribution is -2.36. The van der Waals surface area contributed by atoms with Crippen molar-refractivity contribution < 1.29 is 9.90 Å². The molecule has 19 heavy (non-hydrogen) atoms. The molecule has 4 heteroatoms. The van der Waals surface area contributed by atoms with Crippen molar-refractivity contribution in [3.05, 3.63) is 21.9 Å². The maximum absolute atomic E-state index is 11.1. The number of hydrogen-bond acceptors (Lipinski definition) is 3. The van der Waals surface area contributed by atoms with Crippen LogP contribution in [0, 0.1) is 5.41 Å². The number of aromatic carboxylic acids is 1. The van der Waals surface area contributed by atoms with E-state index in [9.17, 15) is 4.79 Å². The second kappa shape index (κ2) is 5.63. The van der Waals surface area contributed by atoms with Gasteiger partial charge in [-0.25, -0.2) is 4.79 Å². The molecule has 1 N–H and O–H groups in total. The van der Waals surface area contributed by atoms with Crippen LogP contribution in [-0.2, 0) is 6.54 Å². The van der Waals surface area contributed by atoms with Gasteiger partial charge in [0.25, 0.3) is 0 Å². The van der Waals surface area contributed by atoms with Gasteiger partial charge in [0, 0.05) is 12.6 Å². The number of nitrogens with zero attached hydrogens (tertiary/aromatic N) is 1. The van der Waals surface area contributed by atoms with Gasteiger partial charge in [0.1, 0.15) is 4.88 Å². The summed E-state index contributed by atoms with van der Waals surface area (Å²) in [6.45, 7) is 5.42. The first-order valence-electron chi connectivity index (χ1n) is 6.89. The number of hydrogen-bond donors (Lipinski definition) is 1. The third-order valence-electron chi connectivity index (χ3n) is 4.29. The zero-order valence-electron chi connectivity index (χ0n) is 12.0. The maximum atomic E-state index is 11.1. The summed E-state index contributed by atoms with van der Waals surface area (Å²) in [7, 11) is 2.12. The molecule has 0 bridgehead atoms. The van der Waals surface area contributed by atoms with Crippen LogP contribution in [0.25, 0.3) is 0 Å². The van der Waals surface area contributed by atoms with E-state index in [1.807, 2.05) is 11.4 Å². The minimum atomic E-state index is -0.803. The smallest absolute Gasteiger partial charge is 0.346 e. The Morgan fingerprint density at radius 2 is 2.11 bits per heavy atom. The van der Waals surface area contributed by atoms with Crippen molar-refractivity contribution in [2.45, 2.75) is 52.1 Å². The first-order chi connectivity index (χ1) is 8.89. The zero-order valence-corrected chi connectivity index (χ0v) is 12.8. The van der Waals surface area contributed by atoms with Gasteiger partial charge in [-0.05, 0) is 55.2 Å². The van der Waals surface area contributed by atoms with Crippen LogP contribution in [-0.4, -0.2) is 29.1 Å². The van der Waals surface area contributed by atoms with Crippen molar-refractivity contribution in [2.75, 3.05) is 7.05 Å². The minimum Gasteiger partial charge on any atom is -0.477 e. The average molecular weight is 281 g/mol. The Hall–Kier alpha value is -0.870. The third kappa shape index (κ3) is 3.57. The van der Waals surface area contributed by atoms with Crippen molar-refractivity contribution >= 4 is 17.3 Å². The first kappa shape index (κ1) is 14.5. The largest absolute Gasteiger partial charge is 0.477 e. The molecule has 1 heterocycles. The lowest BCUT2D eigenvalue weighted by molar-refractivity contribution is 0.0698. The maximum Gasteiger partial charge on any atom is 0.346 e. The molecule has 2 rings (SSSR count). The molecular formula is C15H23NO2S. The Morgan fingerprint density at radius 1 is 1.47 bits per heavy atom. The molecule has 1 fully saturated rings. The molecule has 1 aromatic rings. The highest BCUT2D eigenvalue weighted by molar-refractivity contribution is 7.12. The second-order valence-corrected chi connectivity index (χ2v) is 7.31. The highest BCUT2D eigenvalue weighted by Gasteiger charge is 2.29. The van der Waals surface area contributed by atoms with Crippen LogP contribution in [0.3, 0.4) is 0 Å². The van der Waals surface area contributed by atoms with Crippen molar-refractivity contribution in [3.8, 4) is 0 Å². The van der Waals surface area contributed by atoms with E-state index < -0.39 is 5.97 Å². The van der Waals surface area contributed by atoms with E-state index in [2.05, 4.69) is 25.8 Å². The summed E-state index contributed by atoms with van der Waals surface area (Å²) >= 11 is 1.32. The van der Waals surface area contributed by atoms with Crippen molar-refractivity contribution in [1.29, 1.82) is 0 Å². The molecule has 3 nitrogen and oxygen atoms in total. The Bertz CT molecular complexity index is 443. The molecule has 1 aliphatic rings. The lowest BCUT2D eigenvalue weighted by Gasteiger charge is -2.38. The molecule has 1 aliphatic carbocycles. The first-order valence-corrected chi connectivity index (χ1v) is 7.77. The lowest BCUT2D eigenvalue weighted by atomic mass is 9.75. The molecule has 0 spiro atoms. The molecule has 0 saturated heterocycles. The van der Waals surface area contributed by atoms with Gasteiger partial charge in [-0.15, -0.1) is 11.3 Å². The molecule has 0 atom stereocenters. The summed E-state index contributed by atoms with van der Waals surface area (Å²) in [5, 5.41) is 11.0. The molecule has 1 aromatic heterocycles. The predicted octanol–water partition coefficient (Wildman–Crippen LogP) is 3.85. The number of carboxylic acids is 1. The van der Waals surface area contributed by atoms with Gasteiger partial charge < -0.3 is 5.11 Å². The van der Waals surface area contributed by atoms with Crippen LogP contribution in [0.1, 0.15) is 54.8 Å². The second-order valence-electron chi connectivity index (χ2n) is 6.39. The van der Waals surface area contributed by atoms with Crippen LogP contribution >= 0.6 is 11.3 Å². The molecule has 0 unspecified atom stereocenters. The van der Waals surface area contributed by atoms with E-state index in [4.69, 9.17) is 5.11 Å². The highest BCUT2D eigenvalue weighted by Crippen LogP contribution is 2.37. The van der Waals surface area contributed by atoms with Crippen LogP contribution in [0.5, 0.6) is 0 Å². The predicted molar refractivity (Wildman–Crippen MR) is 78.8 cm³/mol. The quantitative estimate of drug-likeness (QED) is 0.911. The third-order valence-corrected chi connectivity index (χ3v) is 5.24. The van der Waals surface area contributed by atoms with E-state index in [0.29, 0.717) is 16.3 Å². The molecule has 0 radical (unpaired) electrons. The Kier molecular flexibility index (Phi) is 4.31. The van der Waals surface area contributed by atoms with E-state index in [-0.39, 0.29) is 0 Å². The van der Waals surface area contributed by atoms with E-state index in [1.54, 1.807) is 0 Å². The Labute approximate surface area is 119 Å². The van der Waals surface area contributed by atoms with Gasteiger partial charge >= 0.3 is 5.97 Å². The van der Waals surface area contributed by atoms with Crippen LogP contribution in [0.2, 0.25) is 0 Å². The van der Waals surface area contributed by atoms with Gasteiger partial charge in [0.2, 0.25) is 0 Å². The highest BCUT2D eigenvalue weighted by atomic mass is 32.1. The standard InChI is InChI=1S/C15H23NO2S/c1-15(2)7-4-12(5-8-15)16(3)10-11-6-9-19-13(11)14(17)18/h6,9,12H,4-5,7-8,10H2,1-3H3,(H,17,18). The fourth-order valence-corrected chi connectivity index (χ4v) is 3.62. The monoisotopic (exact) mass is 281 g/mol. The summed E-state index contributed by atoms with van der Waals surface area (Å²) in [4.78, 5) is 13.9. The van der Waals surface area contributed by atoms with E-state index in [1.165, 1.54) is 37.0 Å². The van der Waals surface area contributed by atoms with Crippen molar-refractivity contribution in [2.24, 2.45) is 5.41 Å². The van der Waals surface area contributed by atoms with Gasteiger partial charge in [-0.3, -0.25) is 4.90 Å². The summed E-state index contributed by atoms with van der Waals surface area (Å²) in [6.07, 6.45) is 4.96. The molecule has 106 valence electrons. The van der Waals surface area contributed by atoms with Gasteiger partial charge in [-0.1, -0.05) is 13.8 Å².